The topological polar surface area (TPSA) is 89.3 Å². The van der Waals surface area contributed by atoms with Crippen LogP contribution in [0.4, 0.5) is 0 Å². The van der Waals surface area contributed by atoms with Gasteiger partial charge in [0.1, 0.15) is 0 Å². The first kappa shape index (κ1) is 16.7. The minimum atomic E-state index is -3.91. The maximum atomic E-state index is 12.4. The summed E-state index contributed by atoms with van der Waals surface area (Å²) >= 11 is 9.25. The molecule has 1 saturated carbocycles. The fraction of sp³-hybridized carbons (Fsp3) is 0.462. The molecule has 2 rings (SSSR count). The van der Waals surface area contributed by atoms with Crippen LogP contribution in [0, 0.1) is 0 Å². The van der Waals surface area contributed by atoms with Crippen molar-refractivity contribution in [1.29, 1.82) is 0 Å². The minimum Gasteiger partial charge on any atom is -0.347 e. The number of benzene rings is 1. The Hall–Kier alpha value is -0.630. The summed E-state index contributed by atoms with van der Waals surface area (Å²) in [6.07, 6.45) is 3.91. The van der Waals surface area contributed by atoms with Crippen molar-refractivity contribution in [1.82, 2.24) is 5.32 Å². The quantitative estimate of drug-likeness (QED) is 0.824. The van der Waals surface area contributed by atoms with E-state index in [9.17, 15) is 13.2 Å². The average Bonchev–Trinajstić information content (AvgIpc) is 2.77. The lowest BCUT2D eigenvalue weighted by Gasteiger charge is -2.25. The molecule has 5 nitrogen and oxygen atoms in total. The Bertz CT molecular complexity index is 685. The fourth-order valence-corrected chi connectivity index (χ4v) is 3.89. The van der Waals surface area contributed by atoms with Crippen LogP contribution in [0.1, 0.15) is 43.0 Å². The normalized spacial score (nSPS) is 17.7. The van der Waals surface area contributed by atoms with Gasteiger partial charge >= 0.3 is 0 Å². The van der Waals surface area contributed by atoms with Crippen molar-refractivity contribution in [3.63, 3.8) is 0 Å². The molecule has 0 aromatic heterocycles. The molecule has 1 aliphatic carbocycles. The summed E-state index contributed by atoms with van der Waals surface area (Å²) in [5.74, 6) is -0.393. The smallest absolute Gasteiger partial charge is 0.253 e. The number of halogens is 2. The average molecular weight is 396 g/mol. The van der Waals surface area contributed by atoms with E-state index in [1.807, 2.05) is 6.92 Å². The first-order valence-corrected chi connectivity index (χ1v) is 9.18. The summed E-state index contributed by atoms with van der Waals surface area (Å²) in [7, 11) is -3.91. The third-order valence-electron chi connectivity index (χ3n) is 3.70. The van der Waals surface area contributed by atoms with Gasteiger partial charge in [0.25, 0.3) is 5.91 Å². The monoisotopic (exact) mass is 394 g/mol. The molecule has 8 heteroatoms. The van der Waals surface area contributed by atoms with Crippen LogP contribution in [0.3, 0.4) is 0 Å². The van der Waals surface area contributed by atoms with Gasteiger partial charge in [0.05, 0.1) is 15.5 Å². The number of carbonyl (C=O) groups excluding carboxylic acids is 1. The minimum absolute atomic E-state index is 0.100. The standard InChI is InChI=1S/C13H16BrClN2O3S/c1-13(4-2-3-5-13)17-12(18)9-6-8(21(16,19)20)7-10(14)11(9)15/h6-7H,2-5H2,1H3,(H,17,18)(H2,16,19,20). The predicted molar refractivity (Wildman–Crippen MR) is 84.9 cm³/mol. The first-order chi connectivity index (χ1) is 9.62. The van der Waals surface area contributed by atoms with Crippen LogP contribution in [0.2, 0.25) is 5.02 Å². The summed E-state index contributed by atoms with van der Waals surface area (Å²) in [6.45, 7) is 1.98. The number of hydrogen-bond acceptors (Lipinski definition) is 3. The van der Waals surface area contributed by atoms with Crippen LogP contribution in [0.15, 0.2) is 21.5 Å². The van der Waals surface area contributed by atoms with Gasteiger partial charge in [-0.15, -0.1) is 0 Å². The third kappa shape index (κ3) is 3.77. The van der Waals surface area contributed by atoms with Crippen molar-refractivity contribution in [3.8, 4) is 0 Å². The van der Waals surface area contributed by atoms with E-state index in [1.54, 1.807) is 0 Å². The van der Waals surface area contributed by atoms with Gasteiger partial charge in [0.2, 0.25) is 10.0 Å². The van der Waals surface area contributed by atoms with Gasteiger partial charge in [-0.25, -0.2) is 13.6 Å². The summed E-state index contributed by atoms with van der Waals surface area (Å²) in [4.78, 5) is 12.3. The third-order valence-corrected chi connectivity index (χ3v) is 5.85. The fourth-order valence-electron chi connectivity index (χ4n) is 2.52. The number of rotatable bonds is 3. The van der Waals surface area contributed by atoms with Crippen molar-refractivity contribution in [2.75, 3.05) is 0 Å². The van der Waals surface area contributed by atoms with E-state index < -0.39 is 15.9 Å². The lowest BCUT2D eigenvalue weighted by molar-refractivity contribution is 0.0908. The molecule has 1 fully saturated rings. The van der Waals surface area contributed by atoms with Gasteiger partial charge in [0, 0.05) is 10.0 Å². The van der Waals surface area contributed by atoms with Crippen LogP contribution in [0.5, 0.6) is 0 Å². The Kier molecular flexibility index (Phi) is 4.68. The van der Waals surface area contributed by atoms with E-state index in [0.29, 0.717) is 4.47 Å². The Morgan fingerprint density at radius 2 is 1.95 bits per heavy atom. The molecule has 116 valence electrons. The lowest BCUT2D eigenvalue weighted by Crippen LogP contribution is -2.43. The van der Waals surface area contributed by atoms with Crippen molar-refractivity contribution < 1.29 is 13.2 Å². The summed E-state index contributed by atoms with van der Waals surface area (Å²) in [6, 6.07) is 2.49. The molecule has 21 heavy (non-hydrogen) atoms. The van der Waals surface area contributed by atoms with Crippen molar-refractivity contribution in [2.45, 2.75) is 43.0 Å². The van der Waals surface area contributed by atoms with Gasteiger partial charge in [-0.3, -0.25) is 4.79 Å². The van der Waals surface area contributed by atoms with Gasteiger partial charge in [-0.1, -0.05) is 24.4 Å². The number of amides is 1. The number of sulfonamides is 1. The highest BCUT2D eigenvalue weighted by Crippen LogP contribution is 2.32. The van der Waals surface area contributed by atoms with Crippen LogP contribution < -0.4 is 10.5 Å². The van der Waals surface area contributed by atoms with Crippen LogP contribution in [-0.4, -0.2) is 19.9 Å². The molecular formula is C13H16BrClN2O3S. The number of nitrogens with two attached hydrogens (primary N) is 1. The van der Waals surface area contributed by atoms with Crippen LogP contribution >= 0.6 is 27.5 Å². The molecule has 1 amide bonds. The van der Waals surface area contributed by atoms with Gasteiger partial charge in [-0.2, -0.15) is 0 Å². The molecule has 1 aromatic carbocycles. The molecule has 0 heterocycles. The van der Waals surface area contributed by atoms with E-state index in [1.165, 1.54) is 12.1 Å². The Morgan fingerprint density at radius 3 is 2.48 bits per heavy atom. The Balaban J connectivity index is 2.38. The maximum Gasteiger partial charge on any atom is 0.253 e. The summed E-state index contributed by atoms with van der Waals surface area (Å²) in [5.41, 5.74) is -0.173. The molecule has 0 saturated heterocycles. The Morgan fingerprint density at radius 1 is 1.38 bits per heavy atom. The van der Waals surface area contributed by atoms with Crippen molar-refractivity contribution in [2.24, 2.45) is 5.14 Å². The zero-order chi connectivity index (χ0) is 15.8. The van der Waals surface area contributed by atoms with Crippen LogP contribution in [-0.2, 0) is 10.0 Å². The SMILES string of the molecule is CC1(NC(=O)c2cc(S(N)(=O)=O)cc(Br)c2Cl)CCCC1. The molecular weight excluding hydrogens is 380 g/mol. The highest BCUT2D eigenvalue weighted by Gasteiger charge is 2.31. The number of hydrogen-bond donors (Lipinski definition) is 2. The van der Waals surface area contributed by atoms with E-state index in [2.05, 4.69) is 21.2 Å². The molecule has 0 atom stereocenters. The molecule has 0 radical (unpaired) electrons. The molecule has 0 spiro atoms. The predicted octanol–water partition coefficient (Wildman–Crippen LogP) is 2.81. The van der Waals surface area contributed by atoms with E-state index in [-0.39, 0.29) is 21.0 Å². The van der Waals surface area contributed by atoms with E-state index in [4.69, 9.17) is 16.7 Å². The molecule has 1 aromatic rings. The van der Waals surface area contributed by atoms with Crippen molar-refractivity contribution in [3.05, 3.63) is 27.2 Å². The highest BCUT2D eigenvalue weighted by atomic mass is 79.9. The maximum absolute atomic E-state index is 12.4. The van der Waals surface area contributed by atoms with Gasteiger partial charge in [-0.05, 0) is 47.8 Å². The Labute approximate surface area is 137 Å². The summed E-state index contributed by atoms with van der Waals surface area (Å²) < 4.78 is 23.2. The summed E-state index contributed by atoms with van der Waals surface area (Å²) in [5, 5.41) is 8.22. The van der Waals surface area contributed by atoms with Gasteiger partial charge in [0.15, 0.2) is 0 Å². The molecule has 0 aliphatic heterocycles. The first-order valence-electron chi connectivity index (χ1n) is 6.47. The van der Waals surface area contributed by atoms with E-state index in [0.717, 1.165) is 25.7 Å². The number of nitrogens with one attached hydrogen (secondary N) is 1. The molecule has 1 aliphatic rings. The molecule has 3 N–H and O–H groups in total. The second kappa shape index (κ2) is 5.87. The molecule has 0 unspecified atom stereocenters. The van der Waals surface area contributed by atoms with E-state index >= 15 is 0 Å². The molecule has 0 bridgehead atoms. The number of primary sulfonamides is 1. The van der Waals surface area contributed by atoms with Crippen molar-refractivity contribution >= 4 is 43.5 Å². The number of carbonyl (C=O) groups is 1. The zero-order valence-electron chi connectivity index (χ0n) is 11.4. The van der Waals surface area contributed by atoms with Gasteiger partial charge < -0.3 is 5.32 Å². The zero-order valence-corrected chi connectivity index (χ0v) is 14.6. The largest absolute Gasteiger partial charge is 0.347 e. The lowest BCUT2D eigenvalue weighted by atomic mass is 10.00. The second-order valence-corrected chi connectivity index (χ2v) is 8.33. The van der Waals surface area contributed by atoms with Crippen LogP contribution in [0.25, 0.3) is 0 Å². The second-order valence-electron chi connectivity index (χ2n) is 5.53. The highest BCUT2D eigenvalue weighted by molar-refractivity contribution is 9.10.